The summed E-state index contributed by atoms with van der Waals surface area (Å²) >= 11 is 5.32. The molecule has 0 aliphatic rings. The number of fused-ring (bicyclic) bond motifs is 1. The summed E-state index contributed by atoms with van der Waals surface area (Å²) in [7, 11) is 0. The molecule has 0 spiro atoms. The van der Waals surface area contributed by atoms with Crippen LogP contribution in [-0.2, 0) is 13.1 Å². The zero-order chi connectivity index (χ0) is 14.7. The number of halogens is 1. The van der Waals surface area contributed by atoms with E-state index in [1.807, 2.05) is 0 Å². The Balaban J connectivity index is 1.79. The average molecular weight is 363 g/mol. The number of nitrogens with zero attached hydrogens (tertiary/aromatic N) is 1. The molecule has 1 aromatic carbocycles. The highest BCUT2D eigenvalue weighted by Gasteiger charge is 2.04. The van der Waals surface area contributed by atoms with Gasteiger partial charge in [-0.15, -0.1) is 11.3 Å². The largest absolute Gasteiger partial charge is 0.342 e. The van der Waals surface area contributed by atoms with E-state index in [2.05, 4.69) is 75.3 Å². The molecule has 0 radical (unpaired) electrons. The number of aromatic nitrogens is 1. The monoisotopic (exact) mass is 362 g/mol. The Morgan fingerprint density at radius 2 is 2.10 bits per heavy atom. The minimum atomic E-state index is 0.938. The number of benzene rings is 1. The zero-order valence-corrected chi connectivity index (χ0v) is 14.5. The molecule has 0 saturated carbocycles. The van der Waals surface area contributed by atoms with Crippen molar-refractivity contribution in [3.63, 3.8) is 0 Å². The first-order valence-corrected chi connectivity index (χ1v) is 8.90. The van der Waals surface area contributed by atoms with Crippen LogP contribution >= 0.6 is 27.3 Å². The number of thiophene rings is 1. The molecule has 0 unspecified atom stereocenters. The number of rotatable bonds is 6. The van der Waals surface area contributed by atoms with Gasteiger partial charge in [0.2, 0.25) is 0 Å². The topological polar surface area (TPSA) is 17.0 Å². The fraction of sp³-hybridized carbons (Fsp3) is 0.294. The van der Waals surface area contributed by atoms with Crippen LogP contribution in [0.2, 0.25) is 0 Å². The molecule has 4 heteroatoms. The van der Waals surface area contributed by atoms with E-state index in [4.69, 9.17) is 0 Å². The van der Waals surface area contributed by atoms with Crippen molar-refractivity contribution in [3.05, 3.63) is 56.8 Å². The average Bonchev–Trinajstić information content (AvgIpc) is 3.06. The molecule has 0 bridgehead atoms. The van der Waals surface area contributed by atoms with E-state index in [0.29, 0.717) is 0 Å². The third-order valence-corrected chi connectivity index (χ3v) is 5.15. The highest BCUT2D eigenvalue weighted by Crippen LogP contribution is 2.25. The lowest BCUT2D eigenvalue weighted by Gasteiger charge is -2.06. The molecule has 0 aliphatic heterocycles. The lowest BCUT2D eigenvalue weighted by molar-refractivity contribution is 0.676. The van der Waals surface area contributed by atoms with Gasteiger partial charge in [-0.3, -0.25) is 0 Å². The van der Waals surface area contributed by atoms with Crippen LogP contribution in [-0.4, -0.2) is 11.1 Å². The van der Waals surface area contributed by atoms with Crippen molar-refractivity contribution in [1.29, 1.82) is 0 Å². The predicted molar refractivity (Wildman–Crippen MR) is 95.1 cm³/mol. The van der Waals surface area contributed by atoms with Crippen LogP contribution in [0, 0.1) is 0 Å². The third kappa shape index (κ3) is 3.57. The van der Waals surface area contributed by atoms with Gasteiger partial charge >= 0.3 is 0 Å². The first-order valence-electron chi connectivity index (χ1n) is 7.29. The Morgan fingerprint density at radius 3 is 2.86 bits per heavy atom. The van der Waals surface area contributed by atoms with Gasteiger partial charge in [-0.1, -0.05) is 13.0 Å². The molecule has 2 aromatic heterocycles. The summed E-state index contributed by atoms with van der Waals surface area (Å²) in [6.45, 7) is 5.16. The van der Waals surface area contributed by atoms with Crippen LogP contribution < -0.4 is 5.32 Å². The molecule has 0 aliphatic carbocycles. The molecule has 1 N–H and O–H groups in total. The predicted octanol–water partition coefficient (Wildman–Crippen LogP) is 5.01. The fourth-order valence-electron chi connectivity index (χ4n) is 2.51. The van der Waals surface area contributed by atoms with Gasteiger partial charge in [-0.05, 0) is 70.2 Å². The van der Waals surface area contributed by atoms with E-state index < -0.39 is 0 Å². The van der Waals surface area contributed by atoms with Crippen molar-refractivity contribution in [2.24, 2.45) is 0 Å². The second-order valence-corrected chi connectivity index (χ2v) is 7.77. The SMILES string of the molecule is CCCNCc1ccc2c(ccn2Cc2ccc(Br)s2)c1. The maximum Gasteiger partial charge on any atom is 0.0702 e. The molecule has 0 amide bonds. The van der Waals surface area contributed by atoms with Gasteiger partial charge in [0.05, 0.1) is 10.3 Å². The van der Waals surface area contributed by atoms with E-state index >= 15 is 0 Å². The Morgan fingerprint density at radius 1 is 1.19 bits per heavy atom. The molecule has 110 valence electrons. The van der Waals surface area contributed by atoms with E-state index in [9.17, 15) is 0 Å². The zero-order valence-electron chi connectivity index (χ0n) is 12.1. The molecule has 0 fully saturated rings. The normalized spacial score (nSPS) is 11.3. The van der Waals surface area contributed by atoms with Crippen molar-refractivity contribution < 1.29 is 0 Å². The summed E-state index contributed by atoms with van der Waals surface area (Å²) in [6, 6.07) is 13.3. The van der Waals surface area contributed by atoms with Crippen molar-refractivity contribution in [3.8, 4) is 0 Å². The van der Waals surface area contributed by atoms with Crippen LogP contribution in [0.25, 0.3) is 10.9 Å². The van der Waals surface area contributed by atoms with Crippen LogP contribution in [0.3, 0.4) is 0 Å². The highest BCUT2D eigenvalue weighted by atomic mass is 79.9. The van der Waals surface area contributed by atoms with Gasteiger partial charge in [0.15, 0.2) is 0 Å². The lowest BCUT2D eigenvalue weighted by atomic mass is 10.1. The van der Waals surface area contributed by atoms with E-state index in [0.717, 1.165) is 19.6 Å². The van der Waals surface area contributed by atoms with E-state index in [1.54, 1.807) is 11.3 Å². The molecule has 0 atom stereocenters. The summed E-state index contributed by atoms with van der Waals surface area (Å²) in [5, 5.41) is 4.78. The molecule has 2 heterocycles. The second-order valence-electron chi connectivity index (χ2n) is 5.22. The summed E-state index contributed by atoms with van der Waals surface area (Å²) in [6.07, 6.45) is 3.36. The lowest BCUT2D eigenvalue weighted by Crippen LogP contribution is -2.13. The van der Waals surface area contributed by atoms with Gasteiger partial charge in [0, 0.05) is 23.1 Å². The van der Waals surface area contributed by atoms with Crippen LogP contribution in [0.15, 0.2) is 46.4 Å². The van der Waals surface area contributed by atoms with Crippen molar-refractivity contribution >= 4 is 38.2 Å². The van der Waals surface area contributed by atoms with Crippen LogP contribution in [0.4, 0.5) is 0 Å². The highest BCUT2D eigenvalue weighted by molar-refractivity contribution is 9.11. The first-order chi connectivity index (χ1) is 10.3. The summed E-state index contributed by atoms with van der Waals surface area (Å²) in [4.78, 5) is 1.37. The quantitative estimate of drug-likeness (QED) is 0.609. The van der Waals surface area contributed by atoms with Crippen LogP contribution in [0.1, 0.15) is 23.8 Å². The Kier molecular flexibility index (Phi) is 4.78. The minimum absolute atomic E-state index is 0.938. The number of hydrogen-bond donors (Lipinski definition) is 1. The minimum Gasteiger partial charge on any atom is -0.342 e. The Hall–Kier alpha value is -1.10. The number of hydrogen-bond acceptors (Lipinski definition) is 2. The van der Waals surface area contributed by atoms with Gasteiger partial charge in [-0.2, -0.15) is 0 Å². The summed E-state index contributed by atoms with van der Waals surface area (Å²) in [5.41, 5.74) is 2.66. The van der Waals surface area contributed by atoms with Gasteiger partial charge in [-0.25, -0.2) is 0 Å². The maximum absolute atomic E-state index is 3.53. The van der Waals surface area contributed by atoms with E-state index in [1.165, 1.54) is 31.6 Å². The molecule has 21 heavy (non-hydrogen) atoms. The van der Waals surface area contributed by atoms with Gasteiger partial charge < -0.3 is 9.88 Å². The Labute approximate surface area is 137 Å². The first kappa shape index (κ1) is 14.8. The fourth-order valence-corrected chi connectivity index (χ4v) is 3.99. The van der Waals surface area contributed by atoms with Crippen LogP contribution in [0.5, 0.6) is 0 Å². The molecule has 3 rings (SSSR count). The smallest absolute Gasteiger partial charge is 0.0702 e. The van der Waals surface area contributed by atoms with Gasteiger partial charge in [0.25, 0.3) is 0 Å². The maximum atomic E-state index is 3.53. The second kappa shape index (κ2) is 6.77. The summed E-state index contributed by atoms with van der Waals surface area (Å²) < 4.78 is 3.51. The standard InChI is InChI=1S/C17H19BrN2S/c1-2-8-19-11-13-3-5-16-14(10-13)7-9-20(16)12-15-4-6-17(18)21-15/h3-7,9-10,19H,2,8,11-12H2,1H3. The Bertz CT molecular complexity index is 729. The van der Waals surface area contributed by atoms with Gasteiger partial charge in [0.1, 0.15) is 0 Å². The molecular formula is C17H19BrN2S. The molecule has 0 saturated heterocycles. The number of nitrogens with one attached hydrogen (secondary N) is 1. The summed E-state index contributed by atoms with van der Waals surface area (Å²) in [5.74, 6) is 0. The van der Waals surface area contributed by atoms with E-state index in [-0.39, 0.29) is 0 Å². The molecule has 3 aromatic rings. The molecular weight excluding hydrogens is 344 g/mol. The molecule has 2 nitrogen and oxygen atoms in total. The van der Waals surface area contributed by atoms with Crippen molar-refractivity contribution in [1.82, 2.24) is 9.88 Å². The third-order valence-electron chi connectivity index (χ3n) is 3.55. The van der Waals surface area contributed by atoms with Crippen molar-refractivity contribution in [2.45, 2.75) is 26.4 Å². The van der Waals surface area contributed by atoms with Crippen molar-refractivity contribution in [2.75, 3.05) is 6.54 Å².